The number of ether oxygens (including phenoxy) is 3. The van der Waals surface area contributed by atoms with Crippen molar-refractivity contribution >= 4 is 66.6 Å². The molecule has 0 radical (unpaired) electrons. The Morgan fingerprint density at radius 1 is 1.02 bits per heavy atom. The Bertz CT molecular complexity index is 2260. The standard InChI is InChI=1S/C36H27Br2N3O7S/c1-3-47-35(43)30-31(23-8-5-4-6-9-23)39-36-40(32(30)24-10-7-11-26(19-24)46-2)34(42)29(49-36)18-22-16-27(37)33(28(38)17-22)48-20-21-12-14-25(15-13-21)41(44)45/h4-19,32H,3,20H2,1-2H3/b29-18-/t32-/m0/s1. The van der Waals surface area contributed by atoms with Gasteiger partial charge in [0.1, 0.15) is 18.1 Å². The number of nitro benzene ring substituents is 1. The Morgan fingerprint density at radius 2 is 1.73 bits per heavy atom. The van der Waals surface area contributed by atoms with Crippen LogP contribution in [-0.2, 0) is 16.1 Å². The van der Waals surface area contributed by atoms with Crippen LogP contribution < -0.4 is 24.4 Å². The average molecular weight is 806 g/mol. The van der Waals surface area contributed by atoms with Crippen molar-refractivity contribution in [3.8, 4) is 11.5 Å². The first-order valence-electron chi connectivity index (χ1n) is 15.0. The lowest BCUT2D eigenvalue weighted by Gasteiger charge is -2.26. The molecule has 49 heavy (non-hydrogen) atoms. The normalized spacial score (nSPS) is 14.2. The predicted octanol–water partition coefficient (Wildman–Crippen LogP) is 6.96. The molecule has 0 fully saturated rings. The molecule has 1 atom stereocenters. The lowest BCUT2D eigenvalue weighted by atomic mass is 9.93. The van der Waals surface area contributed by atoms with Crippen LogP contribution in [-0.4, -0.2) is 29.2 Å². The summed E-state index contributed by atoms with van der Waals surface area (Å²) in [6.45, 7) is 2.07. The zero-order chi connectivity index (χ0) is 34.7. The smallest absolute Gasteiger partial charge is 0.338 e. The third kappa shape index (κ3) is 7.14. The molecule has 0 N–H and O–H groups in total. The van der Waals surface area contributed by atoms with Gasteiger partial charge in [-0.3, -0.25) is 19.5 Å². The predicted molar refractivity (Wildman–Crippen MR) is 193 cm³/mol. The Morgan fingerprint density at radius 3 is 2.39 bits per heavy atom. The number of carbonyl (C=O) groups excluding carboxylic acids is 1. The van der Waals surface area contributed by atoms with E-state index in [2.05, 4.69) is 31.9 Å². The SMILES string of the molecule is CCOC(=O)C1=C(c2ccccc2)N=c2s/c(=C\c3cc(Br)c(OCc4ccc([N+](=O)[O-])cc4)c(Br)c3)c(=O)n2[C@H]1c1cccc(OC)c1. The number of fused-ring (bicyclic) bond motifs is 1. The van der Waals surface area contributed by atoms with Crippen LogP contribution in [0.3, 0.4) is 0 Å². The van der Waals surface area contributed by atoms with Crippen molar-refractivity contribution in [3.05, 3.63) is 158 Å². The van der Waals surface area contributed by atoms with Gasteiger partial charge in [0, 0.05) is 17.7 Å². The van der Waals surface area contributed by atoms with Crippen LogP contribution in [0.1, 0.15) is 35.2 Å². The van der Waals surface area contributed by atoms with Gasteiger partial charge >= 0.3 is 5.97 Å². The summed E-state index contributed by atoms with van der Waals surface area (Å²) in [4.78, 5) is 43.8. The molecule has 1 aliphatic rings. The van der Waals surface area contributed by atoms with Crippen molar-refractivity contribution in [2.75, 3.05) is 13.7 Å². The first kappa shape index (κ1) is 34.0. The molecule has 0 aliphatic carbocycles. The van der Waals surface area contributed by atoms with Crippen LogP contribution in [0.15, 0.2) is 115 Å². The summed E-state index contributed by atoms with van der Waals surface area (Å²) in [7, 11) is 1.56. The van der Waals surface area contributed by atoms with Crippen LogP contribution in [0.4, 0.5) is 5.69 Å². The van der Waals surface area contributed by atoms with Gasteiger partial charge in [0.2, 0.25) is 0 Å². The fraction of sp³-hybridized carbons (Fsp3) is 0.139. The number of halogens is 2. The molecule has 0 spiro atoms. The first-order chi connectivity index (χ1) is 23.7. The highest BCUT2D eigenvalue weighted by Gasteiger charge is 2.35. The maximum atomic E-state index is 14.3. The first-order valence-corrected chi connectivity index (χ1v) is 17.4. The molecule has 1 aromatic heterocycles. The summed E-state index contributed by atoms with van der Waals surface area (Å²) >= 11 is 8.39. The number of methoxy groups -OCH3 is 1. The summed E-state index contributed by atoms with van der Waals surface area (Å²) in [5.74, 6) is 0.539. The molecule has 0 amide bonds. The third-order valence-corrected chi connectivity index (χ3v) is 9.79. The topological polar surface area (TPSA) is 122 Å². The fourth-order valence-electron chi connectivity index (χ4n) is 5.39. The van der Waals surface area contributed by atoms with E-state index in [9.17, 15) is 19.7 Å². The van der Waals surface area contributed by atoms with E-state index >= 15 is 0 Å². The van der Waals surface area contributed by atoms with E-state index in [0.29, 0.717) is 52.2 Å². The van der Waals surface area contributed by atoms with Crippen molar-refractivity contribution in [3.63, 3.8) is 0 Å². The van der Waals surface area contributed by atoms with Crippen LogP contribution in [0, 0.1) is 10.1 Å². The number of nitrogens with zero attached hydrogens (tertiary/aromatic N) is 3. The quantitative estimate of drug-likeness (QED) is 0.0851. The molecule has 0 bridgehead atoms. The van der Waals surface area contributed by atoms with Gasteiger partial charge in [-0.2, -0.15) is 0 Å². The summed E-state index contributed by atoms with van der Waals surface area (Å²) in [5, 5.41) is 11.0. The second kappa shape index (κ2) is 14.7. The molecule has 0 saturated heterocycles. The number of rotatable bonds is 10. The van der Waals surface area contributed by atoms with Gasteiger partial charge in [0.25, 0.3) is 11.2 Å². The fourth-order valence-corrected chi connectivity index (χ4v) is 7.84. The molecule has 5 aromatic rings. The highest BCUT2D eigenvalue weighted by atomic mass is 79.9. The van der Waals surface area contributed by atoms with Gasteiger partial charge in [-0.05, 0) is 97.9 Å². The van der Waals surface area contributed by atoms with Gasteiger partial charge in [-0.15, -0.1) is 0 Å². The molecule has 0 saturated carbocycles. The van der Waals surface area contributed by atoms with Gasteiger partial charge < -0.3 is 14.2 Å². The van der Waals surface area contributed by atoms with Crippen LogP contribution in [0.5, 0.6) is 11.5 Å². The number of aromatic nitrogens is 1. The Hall–Kier alpha value is -4.85. The van der Waals surface area contributed by atoms with E-state index in [1.165, 1.54) is 28.0 Å². The number of esters is 1. The van der Waals surface area contributed by atoms with Crippen molar-refractivity contribution in [2.45, 2.75) is 19.6 Å². The van der Waals surface area contributed by atoms with Gasteiger partial charge in [-0.1, -0.05) is 53.8 Å². The molecule has 248 valence electrons. The molecular formula is C36H27Br2N3O7S. The van der Waals surface area contributed by atoms with Gasteiger partial charge in [0.05, 0.1) is 49.4 Å². The number of hydrogen-bond donors (Lipinski definition) is 0. The summed E-state index contributed by atoms with van der Waals surface area (Å²) < 4.78 is 20.3. The Balaban J connectivity index is 1.45. The minimum atomic E-state index is -0.837. The summed E-state index contributed by atoms with van der Waals surface area (Å²) in [6.07, 6.45) is 1.76. The van der Waals surface area contributed by atoms with Crippen molar-refractivity contribution in [1.82, 2.24) is 4.57 Å². The van der Waals surface area contributed by atoms with E-state index < -0.39 is 16.9 Å². The minimum absolute atomic E-state index is 0.00367. The van der Waals surface area contributed by atoms with E-state index in [1.54, 1.807) is 44.4 Å². The summed E-state index contributed by atoms with van der Waals surface area (Å²) in [5.41, 5.74) is 3.21. The minimum Gasteiger partial charge on any atom is -0.497 e. The third-order valence-electron chi connectivity index (χ3n) is 7.63. The number of benzene rings is 4. The lowest BCUT2D eigenvalue weighted by molar-refractivity contribution is -0.384. The van der Waals surface area contributed by atoms with Crippen LogP contribution in [0.25, 0.3) is 11.8 Å². The maximum Gasteiger partial charge on any atom is 0.338 e. The lowest BCUT2D eigenvalue weighted by Crippen LogP contribution is -2.40. The van der Waals surface area contributed by atoms with Crippen molar-refractivity contribution < 1.29 is 23.9 Å². The van der Waals surface area contributed by atoms with Crippen molar-refractivity contribution in [2.24, 2.45) is 4.99 Å². The van der Waals surface area contributed by atoms with Gasteiger partial charge in [0.15, 0.2) is 4.80 Å². The largest absolute Gasteiger partial charge is 0.497 e. The second-order valence-corrected chi connectivity index (χ2v) is 13.5. The molecular weight excluding hydrogens is 778 g/mol. The molecule has 2 heterocycles. The maximum absolute atomic E-state index is 14.3. The molecule has 0 unspecified atom stereocenters. The number of non-ortho nitro benzene ring substituents is 1. The molecule has 13 heteroatoms. The zero-order valence-electron chi connectivity index (χ0n) is 26.1. The van der Waals surface area contributed by atoms with E-state index in [1.807, 2.05) is 54.6 Å². The molecule has 6 rings (SSSR count). The summed E-state index contributed by atoms with van der Waals surface area (Å²) in [6, 6.07) is 25.6. The Kier molecular flexibility index (Phi) is 10.2. The second-order valence-electron chi connectivity index (χ2n) is 10.7. The average Bonchev–Trinajstić information content (AvgIpc) is 3.41. The number of thiazole rings is 1. The highest BCUT2D eigenvalue weighted by Crippen LogP contribution is 2.37. The molecule has 4 aromatic carbocycles. The van der Waals surface area contributed by atoms with Crippen LogP contribution >= 0.6 is 43.2 Å². The number of carbonyl (C=O) groups is 1. The van der Waals surface area contributed by atoms with E-state index in [4.69, 9.17) is 19.2 Å². The van der Waals surface area contributed by atoms with Crippen LogP contribution in [0.2, 0.25) is 0 Å². The van der Waals surface area contributed by atoms with Gasteiger partial charge in [-0.25, -0.2) is 9.79 Å². The zero-order valence-corrected chi connectivity index (χ0v) is 30.1. The molecule has 1 aliphatic heterocycles. The number of nitro groups is 1. The van der Waals surface area contributed by atoms with E-state index in [0.717, 1.165) is 5.56 Å². The van der Waals surface area contributed by atoms with Crippen molar-refractivity contribution in [1.29, 1.82) is 0 Å². The van der Waals surface area contributed by atoms with E-state index in [-0.39, 0.29) is 30.0 Å². The molecule has 10 nitrogen and oxygen atoms in total. The number of hydrogen-bond acceptors (Lipinski definition) is 9. The highest BCUT2D eigenvalue weighted by molar-refractivity contribution is 9.11. The Labute approximate surface area is 301 Å². The monoisotopic (exact) mass is 803 g/mol.